The van der Waals surface area contributed by atoms with E-state index in [2.05, 4.69) is 10.1 Å². The Hall–Kier alpha value is -3.27. The maximum atomic E-state index is 13.5. The van der Waals surface area contributed by atoms with Crippen molar-refractivity contribution in [3.05, 3.63) is 82.3 Å². The van der Waals surface area contributed by atoms with E-state index in [9.17, 15) is 18.0 Å². The average molecular weight is 537 g/mol. The van der Waals surface area contributed by atoms with Crippen LogP contribution in [0.2, 0.25) is 10.0 Å². The van der Waals surface area contributed by atoms with Crippen molar-refractivity contribution >= 4 is 56.5 Å². The third kappa shape index (κ3) is 6.45. The number of benzene rings is 3. The monoisotopic (exact) mass is 536 g/mol. The molecule has 0 unspecified atom stereocenters. The first kappa shape index (κ1) is 26.3. The van der Waals surface area contributed by atoms with Gasteiger partial charge in [-0.2, -0.15) is 0 Å². The summed E-state index contributed by atoms with van der Waals surface area (Å²) in [6, 6.07) is 16.2. The smallest absolute Gasteiger partial charge is 0.339 e. The molecule has 0 atom stereocenters. The van der Waals surface area contributed by atoms with E-state index in [1.165, 1.54) is 49.6 Å². The van der Waals surface area contributed by atoms with Gasteiger partial charge in [0.2, 0.25) is 5.91 Å². The number of hydrogen-bond acceptors (Lipinski definition) is 6. The number of ether oxygens (including phenoxy) is 2. The summed E-state index contributed by atoms with van der Waals surface area (Å²) >= 11 is 11.9. The van der Waals surface area contributed by atoms with Gasteiger partial charge < -0.3 is 14.8 Å². The second-order valence-electron chi connectivity index (χ2n) is 7.13. The molecule has 0 saturated heterocycles. The van der Waals surface area contributed by atoms with Crippen LogP contribution in [0.25, 0.3) is 0 Å². The second kappa shape index (κ2) is 11.4. The molecule has 0 spiro atoms. The minimum absolute atomic E-state index is 0.0388. The standard InChI is InChI=1S/C24H22Cl2N2O6S/c1-3-34-19-9-7-18(8-10-19)28(35(31,32)20-11-4-16(25)5-12-20)15-23(29)27-17-6-13-22(26)21(14-17)24(30)33-2/h4-14H,3,15H2,1-2H3,(H,27,29). The maximum Gasteiger partial charge on any atom is 0.339 e. The van der Waals surface area contributed by atoms with Gasteiger partial charge in [-0.25, -0.2) is 13.2 Å². The van der Waals surface area contributed by atoms with Crippen LogP contribution in [0.5, 0.6) is 5.75 Å². The van der Waals surface area contributed by atoms with Gasteiger partial charge in [-0.05, 0) is 73.7 Å². The summed E-state index contributed by atoms with van der Waals surface area (Å²) in [6.07, 6.45) is 0. The lowest BCUT2D eigenvalue weighted by Gasteiger charge is -2.24. The third-order valence-electron chi connectivity index (χ3n) is 4.78. The predicted octanol–water partition coefficient (Wildman–Crippen LogP) is 5.01. The Morgan fingerprint density at radius 3 is 2.23 bits per heavy atom. The molecule has 184 valence electrons. The van der Waals surface area contributed by atoms with Crippen LogP contribution in [0.3, 0.4) is 0 Å². The van der Waals surface area contributed by atoms with Gasteiger partial charge in [0.05, 0.1) is 34.9 Å². The molecule has 3 aromatic carbocycles. The van der Waals surface area contributed by atoms with Crippen LogP contribution >= 0.6 is 23.2 Å². The van der Waals surface area contributed by atoms with E-state index in [1.54, 1.807) is 24.3 Å². The number of amides is 1. The lowest BCUT2D eigenvalue weighted by Crippen LogP contribution is -2.38. The number of esters is 1. The molecule has 0 saturated carbocycles. The predicted molar refractivity (Wildman–Crippen MR) is 135 cm³/mol. The lowest BCUT2D eigenvalue weighted by atomic mass is 10.2. The van der Waals surface area contributed by atoms with Crippen molar-refractivity contribution < 1.29 is 27.5 Å². The van der Waals surface area contributed by atoms with Crippen LogP contribution in [-0.2, 0) is 19.6 Å². The minimum Gasteiger partial charge on any atom is -0.494 e. The van der Waals surface area contributed by atoms with Crippen LogP contribution in [0.1, 0.15) is 17.3 Å². The zero-order valence-electron chi connectivity index (χ0n) is 18.8. The summed E-state index contributed by atoms with van der Waals surface area (Å²) in [5, 5.41) is 3.12. The summed E-state index contributed by atoms with van der Waals surface area (Å²) in [6.45, 7) is 1.73. The molecule has 0 aliphatic carbocycles. The first-order chi connectivity index (χ1) is 16.6. The molecular formula is C24H22Cl2N2O6S. The van der Waals surface area contributed by atoms with Gasteiger partial charge in [0.25, 0.3) is 10.0 Å². The van der Waals surface area contributed by atoms with Crippen molar-refractivity contribution in [3.63, 3.8) is 0 Å². The summed E-state index contributed by atoms with van der Waals surface area (Å²) in [5.74, 6) is -0.761. The lowest BCUT2D eigenvalue weighted by molar-refractivity contribution is -0.114. The number of methoxy groups -OCH3 is 1. The number of halogens is 2. The summed E-state index contributed by atoms with van der Waals surface area (Å²) in [4.78, 5) is 24.8. The van der Waals surface area contributed by atoms with Crippen molar-refractivity contribution in [2.75, 3.05) is 29.9 Å². The minimum atomic E-state index is -4.14. The number of nitrogens with one attached hydrogen (secondary N) is 1. The summed E-state index contributed by atoms with van der Waals surface area (Å²) in [7, 11) is -2.93. The fraction of sp³-hybridized carbons (Fsp3) is 0.167. The molecule has 1 amide bonds. The number of nitrogens with zero attached hydrogens (tertiary/aromatic N) is 1. The molecule has 0 fully saturated rings. The van der Waals surface area contributed by atoms with Crippen LogP contribution in [0.15, 0.2) is 71.6 Å². The zero-order chi connectivity index (χ0) is 25.6. The number of rotatable bonds is 9. The quantitative estimate of drug-likeness (QED) is 0.385. The highest BCUT2D eigenvalue weighted by atomic mass is 35.5. The molecule has 0 aliphatic rings. The van der Waals surface area contributed by atoms with E-state index in [0.717, 1.165) is 4.31 Å². The average Bonchev–Trinajstić information content (AvgIpc) is 2.84. The molecule has 0 aliphatic heterocycles. The first-order valence-electron chi connectivity index (χ1n) is 10.3. The van der Waals surface area contributed by atoms with E-state index in [4.69, 9.17) is 27.9 Å². The third-order valence-corrected chi connectivity index (χ3v) is 7.15. The van der Waals surface area contributed by atoms with Gasteiger partial charge in [0, 0.05) is 10.7 Å². The van der Waals surface area contributed by atoms with E-state index in [0.29, 0.717) is 17.4 Å². The Morgan fingerprint density at radius 1 is 0.971 bits per heavy atom. The Balaban J connectivity index is 1.93. The Bertz CT molecular complexity index is 1310. The number of carbonyl (C=O) groups is 2. The van der Waals surface area contributed by atoms with Crippen molar-refractivity contribution in [3.8, 4) is 5.75 Å². The highest BCUT2D eigenvalue weighted by molar-refractivity contribution is 7.92. The van der Waals surface area contributed by atoms with E-state index in [1.807, 2.05) is 6.92 Å². The number of hydrogen-bond donors (Lipinski definition) is 1. The Labute approximate surface area is 213 Å². The van der Waals surface area contributed by atoms with Crippen molar-refractivity contribution in [2.24, 2.45) is 0 Å². The highest BCUT2D eigenvalue weighted by Gasteiger charge is 2.27. The molecule has 3 aromatic rings. The highest BCUT2D eigenvalue weighted by Crippen LogP contribution is 2.27. The first-order valence-corrected chi connectivity index (χ1v) is 12.5. The largest absolute Gasteiger partial charge is 0.494 e. The molecule has 1 N–H and O–H groups in total. The molecule has 0 radical (unpaired) electrons. The van der Waals surface area contributed by atoms with Crippen molar-refractivity contribution in [1.82, 2.24) is 0 Å². The van der Waals surface area contributed by atoms with Crippen LogP contribution in [0, 0.1) is 0 Å². The van der Waals surface area contributed by atoms with Gasteiger partial charge in [-0.1, -0.05) is 23.2 Å². The van der Waals surface area contributed by atoms with Crippen LogP contribution in [-0.4, -0.2) is 40.6 Å². The van der Waals surface area contributed by atoms with Gasteiger partial charge in [-0.3, -0.25) is 9.10 Å². The van der Waals surface area contributed by atoms with Crippen LogP contribution < -0.4 is 14.4 Å². The van der Waals surface area contributed by atoms with Gasteiger partial charge >= 0.3 is 5.97 Å². The number of sulfonamides is 1. The summed E-state index contributed by atoms with van der Waals surface area (Å²) < 4.78 is 38.0. The summed E-state index contributed by atoms with van der Waals surface area (Å²) in [5.41, 5.74) is 0.560. The fourth-order valence-electron chi connectivity index (χ4n) is 3.12. The SMILES string of the molecule is CCOc1ccc(N(CC(=O)Nc2ccc(Cl)c(C(=O)OC)c2)S(=O)(=O)c2ccc(Cl)cc2)cc1. The molecule has 8 nitrogen and oxygen atoms in total. The normalized spacial score (nSPS) is 11.0. The fourth-order valence-corrected chi connectivity index (χ4v) is 4.87. The van der Waals surface area contributed by atoms with E-state index in [-0.39, 0.29) is 26.9 Å². The molecule has 11 heteroatoms. The molecule has 0 bridgehead atoms. The molecular weight excluding hydrogens is 515 g/mol. The van der Waals surface area contributed by atoms with E-state index < -0.39 is 28.4 Å². The maximum absolute atomic E-state index is 13.5. The number of anilines is 2. The van der Waals surface area contributed by atoms with Crippen molar-refractivity contribution in [2.45, 2.75) is 11.8 Å². The van der Waals surface area contributed by atoms with Crippen molar-refractivity contribution in [1.29, 1.82) is 0 Å². The Kier molecular flexibility index (Phi) is 8.61. The Morgan fingerprint density at radius 2 is 1.63 bits per heavy atom. The molecule has 0 aromatic heterocycles. The molecule has 0 heterocycles. The molecule has 3 rings (SSSR count). The van der Waals surface area contributed by atoms with Crippen LogP contribution in [0.4, 0.5) is 11.4 Å². The van der Waals surface area contributed by atoms with Gasteiger partial charge in [-0.15, -0.1) is 0 Å². The number of carbonyl (C=O) groups excluding carboxylic acids is 2. The molecule has 35 heavy (non-hydrogen) atoms. The van der Waals surface area contributed by atoms with E-state index >= 15 is 0 Å². The second-order valence-corrected chi connectivity index (χ2v) is 9.83. The zero-order valence-corrected chi connectivity index (χ0v) is 21.2. The topological polar surface area (TPSA) is 102 Å². The van der Waals surface area contributed by atoms with Gasteiger partial charge in [0.15, 0.2) is 0 Å². The van der Waals surface area contributed by atoms with Gasteiger partial charge in [0.1, 0.15) is 12.3 Å².